The zero-order valence-corrected chi connectivity index (χ0v) is 23.1. The summed E-state index contributed by atoms with van der Waals surface area (Å²) in [6, 6.07) is 15.7. The molecule has 2 aromatic rings. The van der Waals surface area contributed by atoms with Crippen molar-refractivity contribution in [1.82, 2.24) is 10.2 Å². The lowest BCUT2D eigenvalue weighted by Crippen LogP contribution is -2.53. The fraction of sp³-hybridized carbons (Fsp3) is 0.517. The highest BCUT2D eigenvalue weighted by atomic mass is 79.9. The number of nitrogens with zero attached hydrogens (tertiary/aromatic N) is 1. The van der Waals surface area contributed by atoms with E-state index in [-0.39, 0.29) is 29.9 Å². The molecule has 1 aliphatic rings. The van der Waals surface area contributed by atoms with E-state index in [0.29, 0.717) is 25.1 Å². The van der Waals surface area contributed by atoms with E-state index in [1.165, 1.54) is 5.56 Å². The zero-order chi connectivity index (χ0) is 25.4. The van der Waals surface area contributed by atoms with Gasteiger partial charge in [0, 0.05) is 12.6 Å². The molecule has 1 saturated carbocycles. The lowest BCUT2D eigenvalue weighted by Gasteiger charge is -2.31. The van der Waals surface area contributed by atoms with Crippen LogP contribution in [0.15, 0.2) is 53.0 Å². The van der Waals surface area contributed by atoms with E-state index < -0.39 is 6.04 Å². The van der Waals surface area contributed by atoms with Crippen molar-refractivity contribution in [3.05, 3.63) is 64.1 Å². The number of amides is 2. The van der Waals surface area contributed by atoms with E-state index in [0.717, 1.165) is 35.7 Å². The summed E-state index contributed by atoms with van der Waals surface area (Å²) in [6.07, 6.45) is 5.57. The van der Waals surface area contributed by atoms with Gasteiger partial charge in [-0.2, -0.15) is 0 Å². The van der Waals surface area contributed by atoms with Gasteiger partial charge in [-0.15, -0.1) is 0 Å². The molecule has 0 radical (unpaired) electrons. The molecule has 0 saturated heterocycles. The Morgan fingerprint density at radius 1 is 1.11 bits per heavy atom. The Hall–Kier alpha value is -2.34. The van der Waals surface area contributed by atoms with Gasteiger partial charge in [-0.25, -0.2) is 0 Å². The first-order chi connectivity index (χ1) is 16.7. The molecule has 0 aromatic heterocycles. The van der Waals surface area contributed by atoms with E-state index in [1.54, 1.807) is 4.90 Å². The van der Waals surface area contributed by atoms with Gasteiger partial charge in [-0.1, -0.05) is 76.9 Å². The number of carbonyl (C=O) groups excluding carboxylic acids is 2. The monoisotopic (exact) mass is 542 g/mol. The van der Waals surface area contributed by atoms with Gasteiger partial charge in [0.1, 0.15) is 11.8 Å². The van der Waals surface area contributed by atoms with Crippen LogP contribution in [0.25, 0.3) is 0 Å². The number of carbonyl (C=O) groups is 2. The van der Waals surface area contributed by atoms with Crippen LogP contribution in [0.1, 0.15) is 70.9 Å². The van der Waals surface area contributed by atoms with E-state index in [9.17, 15) is 9.59 Å². The van der Waals surface area contributed by atoms with Crippen LogP contribution >= 0.6 is 15.9 Å². The second-order valence-electron chi connectivity index (χ2n) is 10.4. The van der Waals surface area contributed by atoms with Crippen molar-refractivity contribution in [2.45, 2.75) is 83.7 Å². The van der Waals surface area contributed by atoms with Crippen LogP contribution in [0.3, 0.4) is 0 Å². The third-order valence-electron chi connectivity index (χ3n) is 6.72. The van der Waals surface area contributed by atoms with Crippen molar-refractivity contribution in [3.63, 3.8) is 0 Å². The maximum absolute atomic E-state index is 13.4. The van der Waals surface area contributed by atoms with Gasteiger partial charge in [0.25, 0.3) is 5.91 Å². The molecule has 3 rings (SSSR count). The minimum absolute atomic E-state index is 0.0200. The van der Waals surface area contributed by atoms with Gasteiger partial charge < -0.3 is 15.0 Å². The summed E-state index contributed by atoms with van der Waals surface area (Å²) in [6.45, 7) is 8.79. The molecule has 2 amide bonds. The minimum atomic E-state index is -0.512. The molecule has 2 aromatic carbocycles. The summed E-state index contributed by atoms with van der Waals surface area (Å²) < 4.78 is 6.76. The molecule has 1 aliphatic carbocycles. The van der Waals surface area contributed by atoms with Gasteiger partial charge >= 0.3 is 0 Å². The molecule has 1 fully saturated rings. The Balaban J connectivity index is 1.72. The van der Waals surface area contributed by atoms with E-state index >= 15 is 0 Å². The third kappa shape index (κ3) is 7.83. The number of benzene rings is 2. The molecule has 0 spiro atoms. The van der Waals surface area contributed by atoms with Crippen molar-refractivity contribution in [3.8, 4) is 5.75 Å². The third-order valence-corrected chi connectivity index (χ3v) is 7.34. The molecule has 0 aliphatic heterocycles. The van der Waals surface area contributed by atoms with Gasteiger partial charge in [0.05, 0.1) is 4.47 Å². The summed E-state index contributed by atoms with van der Waals surface area (Å²) in [4.78, 5) is 28.3. The topological polar surface area (TPSA) is 58.6 Å². The lowest BCUT2D eigenvalue weighted by molar-refractivity contribution is -0.142. The number of halogens is 1. The van der Waals surface area contributed by atoms with Gasteiger partial charge in [-0.05, 0) is 70.3 Å². The Kier molecular flexibility index (Phi) is 9.79. The first kappa shape index (κ1) is 27.3. The Bertz CT molecular complexity index is 981. The highest BCUT2D eigenvalue weighted by molar-refractivity contribution is 9.10. The fourth-order valence-electron chi connectivity index (χ4n) is 4.57. The summed E-state index contributed by atoms with van der Waals surface area (Å²) in [5, 5.41) is 3.19. The van der Waals surface area contributed by atoms with Crippen LogP contribution in [0.2, 0.25) is 0 Å². The van der Waals surface area contributed by atoms with E-state index in [4.69, 9.17) is 4.74 Å². The standard InChI is InChI=1S/C29H39BrN2O3/c1-5-25(28(34)31-23-13-9-10-14-23)32(18-17-21-11-7-6-8-12-21)27(33)20-35-26-16-15-22(19-24(26)30)29(2,3)4/h6-8,11-12,15-16,19,23,25H,5,9-10,13-14,17-18,20H2,1-4H3,(H,31,34). The number of rotatable bonds is 10. The van der Waals surface area contributed by atoms with Gasteiger partial charge in [-0.3, -0.25) is 9.59 Å². The molecule has 190 valence electrons. The zero-order valence-electron chi connectivity index (χ0n) is 21.5. The van der Waals surface area contributed by atoms with E-state index in [2.05, 4.69) is 42.0 Å². The molecule has 0 bridgehead atoms. The summed E-state index contributed by atoms with van der Waals surface area (Å²) in [5.41, 5.74) is 2.34. The quantitative estimate of drug-likeness (QED) is 0.398. The summed E-state index contributed by atoms with van der Waals surface area (Å²) in [5.74, 6) is 0.385. The van der Waals surface area contributed by atoms with Crippen molar-refractivity contribution < 1.29 is 14.3 Å². The molecule has 1 atom stereocenters. The summed E-state index contributed by atoms with van der Waals surface area (Å²) >= 11 is 3.59. The maximum atomic E-state index is 13.4. The van der Waals surface area contributed by atoms with Crippen molar-refractivity contribution >= 4 is 27.7 Å². The molecule has 1 unspecified atom stereocenters. The van der Waals surface area contributed by atoms with Crippen molar-refractivity contribution in [2.75, 3.05) is 13.2 Å². The second-order valence-corrected chi connectivity index (χ2v) is 11.3. The van der Waals surface area contributed by atoms with Crippen LogP contribution in [0.5, 0.6) is 5.75 Å². The Morgan fingerprint density at radius 2 is 1.80 bits per heavy atom. The number of ether oxygens (including phenoxy) is 1. The molecule has 6 heteroatoms. The Labute approximate surface area is 218 Å². The number of nitrogens with one attached hydrogen (secondary N) is 1. The van der Waals surface area contributed by atoms with Crippen LogP contribution in [0.4, 0.5) is 0 Å². The number of hydrogen-bond donors (Lipinski definition) is 1. The maximum Gasteiger partial charge on any atom is 0.261 e. The largest absolute Gasteiger partial charge is 0.483 e. The van der Waals surface area contributed by atoms with Crippen LogP contribution in [0, 0.1) is 0 Å². The fourth-order valence-corrected chi connectivity index (χ4v) is 5.06. The van der Waals surface area contributed by atoms with Crippen LogP contribution < -0.4 is 10.1 Å². The van der Waals surface area contributed by atoms with Crippen LogP contribution in [-0.4, -0.2) is 41.9 Å². The highest BCUT2D eigenvalue weighted by Crippen LogP contribution is 2.31. The summed E-state index contributed by atoms with van der Waals surface area (Å²) in [7, 11) is 0. The second kappa shape index (κ2) is 12.6. The van der Waals surface area contributed by atoms with Gasteiger partial charge in [0.2, 0.25) is 5.91 Å². The minimum Gasteiger partial charge on any atom is -0.483 e. The lowest BCUT2D eigenvalue weighted by atomic mass is 9.87. The predicted molar refractivity (Wildman–Crippen MR) is 145 cm³/mol. The molecular formula is C29H39BrN2O3. The molecule has 0 heterocycles. The van der Waals surface area contributed by atoms with Crippen LogP contribution in [-0.2, 0) is 21.4 Å². The highest BCUT2D eigenvalue weighted by Gasteiger charge is 2.30. The molecular weight excluding hydrogens is 504 g/mol. The Morgan fingerprint density at radius 3 is 2.40 bits per heavy atom. The first-order valence-corrected chi connectivity index (χ1v) is 13.5. The average Bonchev–Trinajstić information content (AvgIpc) is 3.33. The first-order valence-electron chi connectivity index (χ1n) is 12.8. The number of hydrogen-bond acceptors (Lipinski definition) is 3. The molecule has 35 heavy (non-hydrogen) atoms. The average molecular weight is 544 g/mol. The van der Waals surface area contributed by atoms with Crippen molar-refractivity contribution in [2.24, 2.45) is 0 Å². The SMILES string of the molecule is CCC(C(=O)NC1CCCC1)N(CCc1ccccc1)C(=O)COc1ccc(C(C)(C)C)cc1Br. The molecule has 1 N–H and O–H groups in total. The smallest absolute Gasteiger partial charge is 0.261 e. The predicted octanol–water partition coefficient (Wildman–Crippen LogP) is 6.03. The molecule has 5 nitrogen and oxygen atoms in total. The van der Waals surface area contributed by atoms with E-state index in [1.807, 2.05) is 55.5 Å². The normalized spacial score (nSPS) is 15.0. The van der Waals surface area contributed by atoms with Crippen molar-refractivity contribution in [1.29, 1.82) is 0 Å². The van der Waals surface area contributed by atoms with Gasteiger partial charge in [0.15, 0.2) is 6.61 Å².